The quantitative estimate of drug-likeness (QED) is 0.769. The number of amides is 1. The van der Waals surface area contributed by atoms with Crippen LogP contribution in [0.5, 0.6) is 0 Å². The third-order valence-electron chi connectivity index (χ3n) is 2.51. The van der Waals surface area contributed by atoms with E-state index >= 15 is 0 Å². The van der Waals surface area contributed by atoms with Gasteiger partial charge in [0.1, 0.15) is 0 Å². The van der Waals surface area contributed by atoms with Gasteiger partial charge in [0, 0.05) is 34.8 Å². The molecule has 1 aliphatic heterocycles. The Morgan fingerprint density at radius 3 is 3.07 bits per heavy atom. The highest BCUT2D eigenvalue weighted by Gasteiger charge is 2.22. The summed E-state index contributed by atoms with van der Waals surface area (Å²) < 4.78 is 11.8. The first kappa shape index (κ1) is 11.7. The van der Waals surface area contributed by atoms with E-state index in [0.29, 0.717) is 6.42 Å². The fourth-order valence-corrected chi connectivity index (χ4v) is 3.29. The van der Waals surface area contributed by atoms with Crippen LogP contribution in [0.25, 0.3) is 0 Å². The number of nitrogens with one attached hydrogen (secondary N) is 1. The zero-order valence-corrected chi connectivity index (χ0v) is 9.57. The summed E-state index contributed by atoms with van der Waals surface area (Å²) in [6, 6.07) is 0. The number of hydrogen-bond donors (Lipinski definition) is 1. The first-order valence-corrected chi connectivity index (χ1v) is 6.76. The van der Waals surface area contributed by atoms with Crippen LogP contribution in [-0.2, 0) is 15.6 Å². The van der Waals surface area contributed by atoms with Gasteiger partial charge in [-0.1, -0.05) is 13.3 Å². The Balaban J connectivity index is 2.40. The Kier molecular flexibility index (Phi) is 5.15. The van der Waals surface area contributed by atoms with Gasteiger partial charge in [0.25, 0.3) is 0 Å². The first-order chi connectivity index (χ1) is 6.74. The van der Waals surface area contributed by atoms with E-state index in [1.165, 1.54) is 0 Å². The predicted molar refractivity (Wildman–Crippen MR) is 58.6 cm³/mol. The Bertz CT molecular complexity index is 218. The second-order valence-electron chi connectivity index (χ2n) is 3.76. The van der Waals surface area contributed by atoms with Crippen molar-refractivity contribution in [2.75, 3.05) is 12.3 Å². The lowest BCUT2D eigenvalue weighted by molar-refractivity contribution is -0.120. The largest absolute Gasteiger partial charge is 0.356 e. The Morgan fingerprint density at radius 1 is 1.57 bits per heavy atom. The van der Waals surface area contributed by atoms with Crippen LogP contribution < -0.4 is 5.32 Å². The van der Waals surface area contributed by atoms with Gasteiger partial charge in [-0.15, -0.1) is 0 Å². The van der Waals surface area contributed by atoms with E-state index in [1.807, 2.05) is 0 Å². The van der Waals surface area contributed by atoms with Gasteiger partial charge >= 0.3 is 0 Å². The molecule has 0 aromatic carbocycles. The van der Waals surface area contributed by atoms with Gasteiger partial charge in [0.05, 0.1) is 0 Å². The average molecular weight is 217 g/mol. The normalized spacial score (nSPS) is 25.2. The Morgan fingerprint density at radius 2 is 2.36 bits per heavy atom. The van der Waals surface area contributed by atoms with Crippen molar-refractivity contribution in [3.63, 3.8) is 0 Å². The molecule has 1 amide bonds. The molecule has 3 nitrogen and oxygen atoms in total. The van der Waals surface area contributed by atoms with E-state index in [4.69, 9.17) is 0 Å². The molecule has 0 aliphatic carbocycles. The van der Waals surface area contributed by atoms with Gasteiger partial charge in [-0.3, -0.25) is 9.00 Å². The Hall–Kier alpha value is -0.380. The molecule has 0 bridgehead atoms. The standard InChI is InChI=1S/C10H19NO2S/c1-2-3-7-14(13)9-5-4-6-11-10(12)8-9/h9H,2-8H2,1H3,(H,11,12). The van der Waals surface area contributed by atoms with Gasteiger partial charge in [0.2, 0.25) is 5.91 Å². The van der Waals surface area contributed by atoms with Crippen molar-refractivity contribution in [3.05, 3.63) is 0 Å². The molecular formula is C10H19NO2S. The molecule has 0 aromatic heterocycles. The van der Waals surface area contributed by atoms with Crippen molar-refractivity contribution in [1.29, 1.82) is 0 Å². The SMILES string of the molecule is CCCCS(=O)C1CCCNC(=O)C1. The fraction of sp³-hybridized carbons (Fsp3) is 0.900. The van der Waals surface area contributed by atoms with Crippen molar-refractivity contribution in [1.82, 2.24) is 5.32 Å². The topological polar surface area (TPSA) is 46.2 Å². The molecule has 14 heavy (non-hydrogen) atoms. The smallest absolute Gasteiger partial charge is 0.221 e. The number of carbonyl (C=O) groups is 1. The van der Waals surface area contributed by atoms with E-state index in [1.54, 1.807) is 0 Å². The number of hydrogen-bond acceptors (Lipinski definition) is 2. The lowest BCUT2D eigenvalue weighted by Crippen LogP contribution is -2.25. The minimum Gasteiger partial charge on any atom is -0.356 e. The maximum absolute atomic E-state index is 11.8. The molecule has 0 spiro atoms. The highest BCUT2D eigenvalue weighted by Crippen LogP contribution is 2.14. The molecule has 2 unspecified atom stereocenters. The van der Waals surface area contributed by atoms with Crippen molar-refractivity contribution in [3.8, 4) is 0 Å². The van der Waals surface area contributed by atoms with E-state index < -0.39 is 10.8 Å². The summed E-state index contributed by atoms with van der Waals surface area (Å²) in [7, 11) is -0.799. The molecule has 1 saturated heterocycles. The summed E-state index contributed by atoms with van der Waals surface area (Å²) in [5.74, 6) is 0.825. The molecular weight excluding hydrogens is 198 g/mol. The van der Waals surface area contributed by atoms with Crippen molar-refractivity contribution < 1.29 is 9.00 Å². The molecule has 1 fully saturated rings. The lowest BCUT2D eigenvalue weighted by Gasteiger charge is -2.11. The number of rotatable bonds is 4. The maximum Gasteiger partial charge on any atom is 0.221 e. The average Bonchev–Trinajstić information content (AvgIpc) is 2.39. The Labute approximate surface area is 88.1 Å². The van der Waals surface area contributed by atoms with Crippen LogP contribution in [0.1, 0.15) is 39.0 Å². The third-order valence-corrected chi connectivity index (χ3v) is 4.35. The van der Waals surface area contributed by atoms with E-state index in [0.717, 1.165) is 38.0 Å². The van der Waals surface area contributed by atoms with Gasteiger partial charge in [-0.05, 0) is 19.3 Å². The van der Waals surface area contributed by atoms with Crippen LogP contribution in [0.3, 0.4) is 0 Å². The molecule has 0 saturated carbocycles. The third kappa shape index (κ3) is 3.78. The molecule has 4 heteroatoms. The van der Waals surface area contributed by atoms with Crippen LogP contribution in [0, 0.1) is 0 Å². The molecule has 1 rings (SSSR count). The zero-order chi connectivity index (χ0) is 10.4. The number of carbonyl (C=O) groups excluding carboxylic acids is 1. The molecule has 1 heterocycles. The molecule has 1 N–H and O–H groups in total. The minimum absolute atomic E-state index is 0.0670. The highest BCUT2D eigenvalue weighted by molar-refractivity contribution is 7.85. The number of unbranched alkanes of at least 4 members (excludes halogenated alkanes) is 1. The first-order valence-electron chi connectivity index (χ1n) is 5.38. The van der Waals surface area contributed by atoms with Gasteiger partial charge < -0.3 is 5.32 Å². The second-order valence-corrected chi connectivity index (χ2v) is 5.59. The van der Waals surface area contributed by atoms with Crippen LogP contribution in [0.2, 0.25) is 0 Å². The van der Waals surface area contributed by atoms with Crippen LogP contribution in [-0.4, -0.2) is 27.7 Å². The summed E-state index contributed by atoms with van der Waals surface area (Å²) in [6.07, 6.45) is 4.43. The van der Waals surface area contributed by atoms with Crippen molar-refractivity contribution in [2.45, 2.75) is 44.3 Å². The van der Waals surface area contributed by atoms with Crippen LogP contribution in [0.15, 0.2) is 0 Å². The summed E-state index contributed by atoms with van der Waals surface area (Å²) >= 11 is 0. The highest BCUT2D eigenvalue weighted by atomic mass is 32.2. The lowest BCUT2D eigenvalue weighted by atomic mass is 10.2. The summed E-state index contributed by atoms with van der Waals surface area (Å²) in [5, 5.41) is 2.91. The maximum atomic E-state index is 11.8. The van der Waals surface area contributed by atoms with Gasteiger partial charge in [-0.2, -0.15) is 0 Å². The summed E-state index contributed by atoms with van der Waals surface area (Å²) in [4.78, 5) is 11.2. The second kappa shape index (κ2) is 6.17. The molecule has 82 valence electrons. The van der Waals surface area contributed by atoms with Crippen molar-refractivity contribution in [2.24, 2.45) is 0 Å². The van der Waals surface area contributed by atoms with Crippen LogP contribution in [0.4, 0.5) is 0 Å². The zero-order valence-electron chi connectivity index (χ0n) is 8.75. The monoisotopic (exact) mass is 217 g/mol. The van der Waals surface area contributed by atoms with Crippen molar-refractivity contribution >= 4 is 16.7 Å². The predicted octanol–water partition coefficient (Wildman–Crippen LogP) is 1.20. The fourth-order valence-electron chi connectivity index (χ4n) is 1.62. The molecule has 0 radical (unpaired) electrons. The van der Waals surface area contributed by atoms with Crippen LogP contribution >= 0.6 is 0 Å². The molecule has 2 atom stereocenters. The summed E-state index contributed by atoms with van der Waals surface area (Å²) in [6.45, 7) is 2.84. The summed E-state index contributed by atoms with van der Waals surface area (Å²) in [5.41, 5.74) is 0. The van der Waals surface area contributed by atoms with Gasteiger partial charge in [0.15, 0.2) is 0 Å². The van der Waals surface area contributed by atoms with E-state index in [-0.39, 0.29) is 11.2 Å². The molecule has 1 aliphatic rings. The minimum atomic E-state index is -0.799. The van der Waals surface area contributed by atoms with Gasteiger partial charge in [-0.25, -0.2) is 0 Å². The van der Waals surface area contributed by atoms with E-state index in [2.05, 4.69) is 12.2 Å². The van der Waals surface area contributed by atoms with E-state index in [9.17, 15) is 9.00 Å². The molecule has 0 aromatic rings.